The summed E-state index contributed by atoms with van der Waals surface area (Å²) in [7, 11) is 0. The SMILES string of the molecule is Cl.O=C(O)C1CC2(CCNCC2)CN1C(=O)O. The second kappa shape index (κ2) is 5.10. The highest BCUT2D eigenvalue weighted by Gasteiger charge is 2.49. The van der Waals surface area contributed by atoms with Gasteiger partial charge in [0.1, 0.15) is 6.04 Å². The maximum Gasteiger partial charge on any atom is 0.408 e. The van der Waals surface area contributed by atoms with Gasteiger partial charge in [-0.2, -0.15) is 0 Å². The highest BCUT2D eigenvalue weighted by Crippen LogP contribution is 2.41. The molecule has 3 N–H and O–H groups in total. The molecule has 6 nitrogen and oxygen atoms in total. The molecule has 1 atom stereocenters. The highest BCUT2D eigenvalue weighted by molar-refractivity contribution is 5.85. The van der Waals surface area contributed by atoms with Gasteiger partial charge >= 0.3 is 12.1 Å². The lowest BCUT2D eigenvalue weighted by atomic mass is 9.77. The third-order valence-electron chi connectivity index (χ3n) is 3.70. The molecule has 0 aromatic carbocycles. The highest BCUT2D eigenvalue weighted by atomic mass is 35.5. The molecule has 2 aliphatic heterocycles. The number of aliphatic carboxylic acids is 1. The van der Waals surface area contributed by atoms with Crippen LogP contribution in [0.5, 0.6) is 0 Å². The van der Waals surface area contributed by atoms with E-state index >= 15 is 0 Å². The summed E-state index contributed by atoms with van der Waals surface area (Å²) in [5, 5.41) is 21.2. The molecule has 2 rings (SSSR count). The van der Waals surface area contributed by atoms with Crippen molar-refractivity contribution in [1.29, 1.82) is 0 Å². The van der Waals surface area contributed by atoms with Crippen molar-refractivity contribution in [1.82, 2.24) is 10.2 Å². The lowest BCUT2D eigenvalue weighted by Gasteiger charge is -2.33. The quantitative estimate of drug-likeness (QED) is 0.646. The molecule has 1 spiro atoms. The van der Waals surface area contributed by atoms with Gasteiger partial charge in [-0.05, 0) is 37.8 Å². The van der Waals surface area contributed by atoms with Crippen LogP contribution in [0.15, 0.2) is 0 Å². The molecule has 2 aliphatic rings. The monoisotopic (exact) mass is 264 g/mol. The minimum absolute atomic E-state index is 0. The molecule has 7 heteroatoms. The first-order chi connectivity index (χ1) is 7.54. The van der Waals surface area contributed by atoms with Gasteiger partial charge in [0.25, 0.3) is 0 Å². The van der Waals surface area contributed by atoms with Crippen LogP contribution in [-0.2, 0) is 4.79 Å². The first kappa shape index (κ1) is 14.1. The van der Waals surface area contributed by atoms with Crippen molar-refractivity contribution in [2.24, 2.45) is 5.41 Å². The third kappa shape index (κ3) is 2.63. The van der Waals surface area contributed by atoms with Crippen molar-refractivity contribution >= 4 is 24.5 Å². The molecule has 0 saturated carbocycles. The first-order valence-electron chi connectivity index (χ1n) is 5.47. The summed E-state index contributed by atoms with van der Waals surface area (Å²) < 4.78 is 0. The minimum Gasteiger partial charge on any atom is -0.480 e. The maximum atomic E-state index is 11.0. The molecule has 1 unspecified atom stereocenters. The second-order valence-electron chi connectivity index (χ2n) is 4.72. The van der Waals surface area contributed by atoms with Gasteiger partial charge in [0.05, 0.1) is 0 Å². The number of hydrogen-bond acceptors (Lipinski definition) is 3. The molecule has 2 fully saturated rings. The Kier molecular flexibility index (Phi) is 4.21. The average molecular weight is 265 g/mol. The van der Waals surface area contributed by atoms with Crippen LogP contribution in [0.1, 0.15) is 19.3 Å². The van der Waals surface area contributed by atoms with E-state index in [4.69, 9.17) is 10.2 Å². The van der Waals surface area contributed by atoms with Gasteiger partial charge in [-0.1, -0.05) is 0 Å². The van der Waals surface area contributed by atoms with Gasteiger partial charge < -0.3 is 15.5 Å². The van der Waals surface area contributed by atoms with Crippen molar-refractivity contribution in [3.05, 3.63) is 0 Å². The Morgan fingerprint density at radius 2 is 1.82 bits per heavy atom. The summed E-state index contributed by atoms with van der Waals surface area (Å²) in [6.07, 6.45) is 1.06. The number of likely N-dealkylation sites (tertiary alicyclic amines) is 1. The Labute approximate surface area is 105 Å². The van der Waals surface area contributed by atoms with Gasteiger partial charge in [-0.3, -0.25) is 4.90 Å². The number of halogens is 1. The van der Waals surface area contributed by atoms with Gasteiger partial charge in [0.15, 0.2) is 0 Å². The average Bonchev–Trinajstić information content (AvgIpc) is 2.59. The van der Waals surface area contributed by atoms with Crippen LogP contribution in [0.4, 0.5) is 4.79 Å². The van der Waals surface area contributed by atoms with E-state index in [2.05, 4.69) is 5.32 Å². The Morgan fingerprint density at radius 1 is 1.24 bits per heavy atom. The summed E-state index contributed by atoms with van der Waals surface area (Å²) in [6, 6.07) is -0.865. The van der Waals surface area contributed by atoms with E-state index in [-0.39, 0.29) is 17.8 Å². The molecule has 0 aromatic rings. The van der Waals surface area contributed by atoms with E-state index in [0.29, 0.717) is 13.0 Å². The Morgan fingerprint density at radius 3 is 2.24 bits per heavy atom. The van der Waals surface area contributed by atoms with E-state index in [1.165, 1.54) is 0 Å². The zero-order chi connectivity index (χ0) is 11.8. The van der Waals surface area contributed by atoms with Gasteiger partial charge in [0.2, 0.25) is 0 Å². The molecule has 0 radical (unpaired) electrons. The maximum absolute atomic E-state index is 11.0. The van der Waals surface area contributed by atoms with Crippen molar-refractivity contribution in [3.8, 4) is 0 Å². The number of rotatable bonds is 1. The van der Waals surface area contributed by atoms with Crippen molar-refractivity contribution in [3.63, 3.8) is 0 Å². The fourth-order valence-electron chi connectivity index (χ4n) is 2.80. The van der Waals surface area contributed by atoms with E-state index < -0.39 is 18.1 Å². The molecule has 2 saturated heterocycles. The van der Waals surface area contributed by atoms with Gasteiger partial charge in [-0.25, -0.2) is 9.59 Å². The number of carboxylic acids is 1. The minimum atomic E-state index is -1.12. The predicted octanol–water partition coefficient (Wildman–Crippen LogP) is 0.615. The molecular formula is C10H17ClN2O4. The Hall–Kier alpha value is -1.01. The summed E-state index contributed by atoms with van der Waals surface area (Å²) in [6.45, 7) is 2.06. The molecule has 1 amide bonds. The fourth-order valence-corrected chi connectivity index (χ4v) is 2.80. The van der Waals surface area contributed by atoms with Crippen molar-refractivity contribution in [2.45, 2.75) is 25.3 Å². The van der Waals surface area contributed by atoms with E-state index in [0.717, 1.165) is 30.8 Å². The van der Waals surface area contributed by atoms with Gasteiger partial charge in [-0.15, -0.1) is 12.4 Å². The van der Waals surface area contributed by atoms with Gasteiger partial charge in [0, 0.05) is 6.54 Å². The fraction of sp³-hybridized carbons (Fsp3) is 0.800. The molecule has 17 heavy (non-hydrogen) atoms. The number of nitrogens with one attached hydrogen (secondary N) is 1. The summed E-state index contributed by atoms with van der Waals surface area (Å²) >= 11 is 0. The molecule has 98 valence electrons. The van der Waals surface area contributed by atoms with Crippen LogP contribution < -0.4 is 5.32 Å². The summed E-state index contributed by atoms with van der Waals surface area (Å²) in [5.41, 5.74) is -0.118. The Bertz CT molecular complexity index is 293. The lowest BCUT2D eigenvalue weighted by molar-refractivity contribution is -0.141. The van der Waals surface area contributed by atoms with E-state index in [1.807, 2.05) is 0 Å². The lowest BCUT2D eigenvalue weighted by Crippen LogP contribution is -2.41. The smallest absolute Gasteiger partial charge is 0.408 e. The summed E-state index contributed by atoms with van der Waals surface area (Å²) in [4.78, 5) is 23.1. The van der Waals surface area contributed by atoms with Crippen molar-refractivity contribution < 1.29 is 19.8 Å². The predicted molar refractivity (Wildman–Crippen MR) is 62.6 cm³/mol. The molecule has 0 aromatic heterocycles. The summed E-state index contributed by atoms with van der Waals surface area (Å²) in [5.74, 6) is -1.03. The second-order valence-corrected chi connectivity index (χ2v) is 4.72. The number of carbonyl (C=O) groups is 2. The molecule has 0 aliphatic carbocycles. The molecular weight excluding hydrogens is 248 g/mol. The van der Waals surface area contributed by atoms with Crippen LogP contribution in [0.2, 0.25) is 0 Å². The van der Waals surface area contributed by atoms with Crippen LogP contribution in [0.3, 0.4) is 0 Å². The number of hydrogen-bond donors (Lipinski definition) is 3. The number of carboxylic acid groups (broad SMARTS) is 2. The zero-order valence-corrected chi connectivity index (χ0v) is 10.2. The third-order valence-corrected chi connectivity index (χ3v) is 3.70. The topological polar surface area (TPSA) is 89.9 Å². The van der Waals surface area contributed by atoms with Crippen LogP contribution in [-0.4, -0.2) is 52.9 Å². The van der Waals surface area contributed by atoms with E-state index in [1.54, 1.807) is 0 Å². The number of piperidine rings is 1. The van der Waals surface area contributed by atoms with Crippen LogP contribution in [0.25, 0.3) is 0 Å². The normalized spacial score (nSPS) is 26.6. The number of nitrogens with zero attached hydrogens (tertiary/aromatic N) is 1. The zero-order valence-electron chi connectivity index (χ0n) is 9.39. The van der Waals surface area contributed by atoms with E-state index in [9.17, 15) is 9.59 Å². The van der Waals surface area contributed by atoms with Crippen molar-refractivity contribution in [2.75, 3.05) is 19.6 Å². The standard InChI is InChI=1S/C10H16N2O4.ClH/c13-8(14)7-5-10(1-3-11-4-2-10)6-12(7)9(15)16;/h7,11H,1-6H2,(H,13,14)(H,15,16);1H. The largest absolute Gasteiger partial charge is 0.480 e. The van der Waals surface area contributed by atoms with Crippen LogP contribution in [0, 0.1) is 5.41 Å². The Balaban J connectivity index is 0.00000144. The number of amides is 1. The molecule has 2 heterocycles. The van der Waals surface area contributed by atoms with Crippen LogP contribution >= 0.6 is 12.4 Å². The molecule has 0 bridgehead atoms. The first-order valence-corrected chi connectivity index (χ1v) is 5.47.